The van der Waals surface area contributed by atoms with E-state index >= 15 is 0 Å². The van der Waals surface area contributed by atoms with Gasteiger partial charge in [0.15, 0.2) is 17.4 Å². The first-order chi connectivity index (χ1) is 17.2. The molecule has 0 saturated heterocycles. The van der Waals surface area contributed by atoms with Crippen LogP contribution in [0, 0.1) is 23.3 Å². The van der Waals surface area contributed by atoms with Crippen LogP contribution in [-0.2, 0) is 19.2 Å². The van der Waals surface area contributed by atoms with Crippen LogP contribution < -0.4 is 15.4 Å². The topological polar surface area (TPSA) is 102 Å². The molecule has 0 heterocycles. The molecule has 0 spiro atoms. The second-order valence-electron chi connectivity index (χ2n) is 8.49. The van der Waals surface area contributed by atoms with Crippen LogP contribution in [0.15, 0.2) is 17.7 Å². The van der Waals surface area contributed by atoms with Crippen molar-refractivity contribution in [2.24, 2.45) is 0 Å². The number of hydrogen-bond donors (Lipinski definition) is 2. The number of nitrogens with one attached hydrogen (secondary N) is 2. The zero-order valence-electron chi connectivity index (χ0n) is 19.9. The second-order valence-corrected chi connectivity index (χ2v) is 8.49. The van der Waals surface area contributed by atoms with Crippen molar-refractivity contribution >= 4 is 23.6 Å². The average Bonchev–Trinajstić information content (AvgIpc) is 2.92. The number of ketones is 1. The molecule has 1 aliphatic rings. The van der Waals surface area contributed by atoms with Gasteiger partial charge in [-0.25, -0.2) is 13.6 Å². The smallest absolute Gasteiger partial charge is 0.331 e. The van der Waals surface area contributed by atoms with Crippen molar-refractivity contribution in [3.05, 3.63) is 41.0 Å². The van der Waals surface area contributed by atoms with Crippen LogP contribution in [0.1, 0.15) is 70.6 Å². The monoisotopic (exact) mass is 514 g/mol. The molecule has 7 nitrogen and oxygen atoms in total. The number of esters is 1. The number of benzene rings is 1. The van der Waals surface area contributed by atoms with E-state index in [4.69, 9.17) is 0 Å². The number of hydrogen-bond acceptors (Lipinski definition) is 5. The average molecular weight is 515 g/mol. The van der Waals surface area contributed by atoms with Crippen LogP contribution >= 0.6 is 0 Å². The van der Waals surface area contributed by atoms with E-state index < -0.39 is 59.9 Å². The molecule has 2 rings (SSSR count). The number of allylic oxidation sites excluding steroid dienone is 2. The zero-order chi connectivity index (χ0) is 26.5. The predicted molar refractivity (Wildman–Crippen MR) is 122 cm³/mol. The summed E-state index contributed by atoms with van der Waals surface area (Å²) in [7, 11) is 0. The first-order valence-corrected chi connectivity index (χ1v) is 12.0. The van der Waals surface area contributed by atoms with Gasteiger partial charge in [0.05, 0.1) is 6.54 Å². The van der Waals surface area contributed by atoms with Gasteiger partial charge in [0.1, 0.15) is 6.54 Å². The van der Waals surface area contributed by atoms with Gasteiger partial charge in [-0.1, -0.05) is 38.2 Å². The number of amides is 2. The maximum atomic E-state index is 13.5. The van der Waals surface area contributed by atoms with Gasteiger partial charge in [-0.3, -0.25) is 14.4 Å². The lowest BCUT2D eigenvalue weighted by molar-refractivity contribution is -0.136. The number of carbonyl (C=O) groups excluding carboxylic acids is 4. The van der Waals surface area contributed by atoms with Gasteiger partial charge in [0, 0.05) is 18.9 Å². The molecule has 0 fully saturated rings. The van der Waals surface area contributed by atoms with Crippen LogP contribution in [-0.4, -0.2) is 36.7 Å². The Labute approximate surface area is 206 Å². The molecule has 1 aromatic rings. The van der Waals surface area contributed by atoms with Crippen molar-refractivity contribution in [2.75, 3.05) is 13.1 Å². The summed E-state index contributed by atoms with van der Waals surface area (Å²) >= 11 is 0. The van der Waals surface area contributed by atoms with E-state index in [1.165, 1.54) is 12.8 Å². The standard InChI is InChI=1S/C25H30F4N2O5/c26-17-13-18(27)24(29)25(23(17)28)36-22(35)15-31-21(34)14-30-20(33)12-11-19(32)16-9-7-5-3-1-2-4-6-8-10-16/h9,13H,1-8,10-12,14-15H2,(H,30,33)(H,31,34)/b16-9+. The highest BCUT2D eigenvalue weighted by Crippen LogP contribution is 2.26. The van der Waals surface area contributed by atoms with E-state index in [-0.39, 0.29) is 24.7 Å². The van der Waals surface area contributed by atoms with Gasteiger partial charge in [-0.15, -0.1) is 0 Å². The lowest BCUT2D eigenvalue weighted by Gasteiger charge is -2.10. The van der Waals surface area contributed by atoms with E-state index in [0.29, 0.717) is 6.42 Å². The highest BCUT2D eigenvalue weighted by atomic mass is 19.2. The molecular formula is C25H30F4N2O5. The van der Waals surface area contributed by atoms with Crippen LogP contribution in [0.2, 0.25) is 0 Å². The number of carbonyl (C=O) groups is 4. The van der Waals surface area contributed by atoms with Crippen LogP contribution in [0.3, 0.4) is 0 Å². The first kappa shape index (κ1) is 29.0. The van der Waals surface area contributed by atoms with E-state index in [2.05, 4.69) is 10.1 Å². The highest BCUT2D eigenvalue weighted by molar-refractivity contribution is 5.97. The maximum Gasteiger partial charge on any atom is 0.331 e. The Morgan fingerprint density at radius 3 is 2.00 bits per heavy atom. The van der Waals surface area contributed by atoms with Crippen LogP contribution in [0.5, 0.6) is 5.75 Å². The molecule has 11 heteroatoms. The number of rotatable bonds is 9. The number of halogens is 4. The molecular weight excluding hydrogens is 484 g/mol. The molecule has 1 aromatic carbocycles. The maximum absolute atomic E-state index is 13.5. The van der Waals surface area contributed by atoms with Crippen molar-refractivity contribution in [1.82, 2.24) is 10.6 Å². The van der Waals surface area contributed by atoms with E-state index in [0.717, 1.165) is 44.1 Å². The lowest BCUT2D eigenvalue weighted by Crippen LogP contribution is -2.40. The molecule has 198 valence electrons. The fourth-order valence-corrected chi connectivity index (χ4v) is 3.65. The van der Waals surface area contributed by atoms with E-state index in [1.807, 2.05) is 11.4 Å². The van der Waals surface area contributed by atoms with Gasteiger partial charge in [0.25, 0.3) is 0 Å². The fraction of sp³-hybridized carbons (Fsp3) is 0.520. The van der Waals surface area contributed by atoms with Gasteiger partial charge < -0.3 is 15.4 Å². The van der Waals surface area contributed by atoms with Crippen molar-refractivity contribution in [3.63, 3.8) is 0 Å². The fourth-order valence-electron chi connectivity index (χ4n) is 3.65. The summed E-state index contributed by atoms with van der Waals surface area (Å²) in [5.74, 6) is -11.7. The van der Waals surface area contributed by atoms with Gasteiger partial charge in [0.2, 0.25) is 29.2 Å². The SMILES string of the molecule is O=C(CCC(=O)/C1=C/CCCCCCCCC1)NCC(=O)NCC(=O)Oc1c(F)c(F)cc(F)c1F. The Morgan fingerprint density at radius 1 is 0.750 bits per heavy atom. The number of ether oxygens (including phenoxy) is 1. The molecule has 2 amide bonds. The molecule has 0 bridgehead atoms. The Balaban J connectivity index is 1.71. The quantitative estimate of drug-likeness (QED) is 0.223. The molecule has 0 saturated carbocycles. The Morgan fingerprint density at radius 2 is 1.33 bits per heavy atom. The second kappa shape index (κ2) is 15.0. The van der Waals surface area contributed by atoms with Crippen molar-refractivity contribution in [1.29, 1.82) is 0 Å². The largest absolute Gasteiger partial charge is 0.419 e. The van der Waals surface area contributed by atoms with Crippen LogP contribution in [0.25, 0.3) is 0 Å². The summed E-state index contributed by atoms with van der Waals surface area (Å²) in [4.78, 5) is 48.0. The summed E-state index contributed by atoms with van der Waals surface area (Å²) in [6, 6.07) is -0.0433. The highest BCUT2D eigenvalue weighted by Gasteiger charge is 2.23. The van der Waals surface area contributed by atoms with Crippen molar-refractivity contribution in [3.8, 4) is 5.75 Å². The normalized spacial score (nSPS) is 16.2. The molecule has 0 aliphatic heterocycles. The number of Topliss-reactive ketones (excluding diaryl/α,β-unsaturated/α-hetero) is 1. The van der Waals surface area contributed by atoms with Gasteiger partial charge >= 0.3 is 5.97 Å². The summed E-state index contributed by atoms with van der Waals surface area (Å²) in [5.41, 5.74) is 0.743. The lowest BCUT2D eigenvalue weighted by atomic mass is 9.99. The minimum Gasteiger partial charge on any atom is -0.419 e. The summed E-state index contributed by atoms with van der Waals surface area (Å²) in [6.07, 6.45) is 11.1. The Hall–Kier alpha value is -3.24. The Bertz CT molecular complexity index is 971. The molecule has 0 unspecified atom stereocenters. The third-order valence-electron chi connectivity index (χ3n) is 5.64. The third kappa shape index (κ3) is 9.79. The van der Waals surface area contributed by atoms with Crippen LogP contribution in [0.4, 0.5) is 17.6 Å². The molecule has 0 atom stereocenters. The summed E-state index contributed by atoms with van der Waals surface area (Å²) < 4.78 is 57.6. The molecule has 2 N–H and O–H groups in total. The van der Waals surface area contributed by atoms with E-state index in [9.17, 15) is 36.7 Å². The minimum absolute atomic E-state index is 0.00688. The zero-order valence-corrected chi connectivity index (χ0v) is 19.9. The molecule has 1 aliphatic carbocycles. The van der Waals surface area contributed by atoms with Crippen molar-refractivity contribution < 1.29 is 41.5 Å². The Kier molecular flexibility index (Phi) is 12.1. The van der Waals surface area contributed by atoms with Gasteiger partial charge in [-0.05, 0) is 31.3 Å². The molecule has 0 aromatic heterocycles. The summed E-state index contributed by atoms with van der Waals surface area (Å²) in [6.45, 7) is -1.40. The van der Waals surface area contributed by atoms with Crippen molar-refractivity contribution in [2.45, 2.75) is 70.6 Å². The molecule has 0 radical (unpaired) electrons. The third-order valence-corrected chi connectivity index (χ3v) is 5.64. The van der Waals surface area contributed by atoms with E-state index in [1.54, 1.807) is 0 Å². The minimum atomic E-state index is -1.90. The van der Waals surface area contributed by atoms with Gasteiger partial charge in [-0.2, -0.15) is 8.78 Å². The summed E-state index contributed by atoms with van der Waals surface area (Å²) in [5, 5.41) is 4.34. The first-order valence-electron chi connectivity index (χ1n) is 12.0. The predicted octanol–water partition coefficient (Wildman–Crippen LogP) is 4.18. The molecule has 36 heavy (non-hydrogen) atoms.